The fourth-order valence-electron chi connectivity index (χ4n) is 1.62. The molecule has 0 aromatic heterocycles. The van der Waals surface area contributed by atoms with Gasteiger partial charge in [-0.1, -0.05) is 0 Å². The maximum atomic E-state index is 8.73. The van der Waals surface area contributed by atoms with Gasteiger partial charge in [0.1, 0.15) is 0 Å². The topological polar surface area (TPSA) is 49.5 Å². The van der Waals surface area contributed by atoms with E-state index in [9.17, 15) is 0 Å². The van der Waals surface area contributed by atoms with E-state index in [2.05, 4.69) is 11.8 Å². The molecule has 66 valence electrons. The molecule has 3 N–H and O–H groups in total. The molecule has 2 unspecified atom stereocenters. The number of likely N-dealkylation sites (tertiary alicyclic amines) is 1. The first kappa shape index (κ1) is 8.97. The van der Waals surface area contributed by atoms with Crippen LogP contribution in [-0.2, 0) is 0 Å². The van der Waals surface area contributed by atoms with Gasteiger partial charge < -0.3 is 10.8 Å². The zero-order valence-electron chi connectivity index (χ0n) is 7.16. The van der Waals surface area contributed by atoms with Crippen molar-refractivity contribution in [3.05, 3.63) is 0 Å². The molecule has 1 aliphatic heterocycles. The van der Waals surface area contributed by atoms with Crippen LogP contribution >= 0.6 is 0 Å². The highest BCUT2D eigenvalue weighted by Gasteiger charge is 2.21. The Balaban J connectivity index is 2.24. The molecular weight excluding hydrogens is 140 g/mol. The summed E-state index contributed by atoms with van der Waals surface area (Å²) in [5, 5.41) is 8.73. The van der Waals surface area contributed by atoms with Crippen molar-refractivity contribution >= 4 is 0 Å². The van der Waals surface area contributed by atoms with E-state index < -0.39 is 0 Å². The summed E-state index contributed by atoms with van der Waals surface area (Å²) < 4.78 is 0. The first-order valence-electron chi connectivity index (χ1n) is 4.34. The largest absolute Gasteiger partial charge is 0.395 e. The summed E-state index contributed by atoms with van der Waals surface area (Å²) in [6.07, 6.45) is 2.55. The molecule has 3 heteroatoms. The summed E-state index contributed by atoms with van der Waals surface area (Å²) in [6, 6.07) is 0.600. The molecule has 0 radical (unpaired) electrons. The van der Waals surface area contributed by atoms with Crippen LogP contribution in [0.15, 0.2) is 0 Å². The van der Waals surface area contributed by atoms with Gasteiger partial charge in [-0.2, -0.15) is 0 Å². The molecule has 0 aromatic carbocycles. The molecule has 0 amide bonds. The van der Waals surface area contributed by atoms with Gasteiger partial charge in [-0.15, -0.1) is 0 Å². The lowest BCUT2D eigenvalue weighted by Gasteiger charge is -2.23. The monoisotopic (exact) mass is 158 g/mol. The fraction of sp³-hybridized carbons (Fsp3) is 1.00. The molecule has 1 rings (SSSR count). The third-order valence-electron chi connectivity index (χ3n) is 2.39. The van der Waals surface area contributed by atoms with E-state index >= 15 is 0 Å². The third-order valence-corrected chi connectivity index (χ3v) is 2.39. The van der Waals surface area contributed by atoms with Crippen LogP contribution in [0.3, 0.4) is 0 Å². The van der Waals surface area contributed by atoms with Gasteiger partial charge in [-0.3, -0.25) is 4.90 Å². The van der Waals surface area contributed by atoms with Gasteiger partial charge in [-0.05, 0) is 26.3 Å². The number of nitrogens with two attached hydrogens (primary N) is 1. The number of aliphatic hydroxyl groups is 1. The van der Waals surface area contributed by atoms with Crippen LogP contribution in [-0.4, -0.2) is 41.8 Å². The molecule has 0 aromatic rings. The lowest BCUT2D eigenvalue weighted by molar-refractivity contribution is 0.198. The van der Waals surface area contributed by atoms with E-state index in [4.69, 9.17) is 10.8 Å². The highest BCUT2D eigenvalue weighted by Crippen LogP contribution is 2.15. The summed E-state index contributed by atoms with van der Waals surface area (Å²) in [6.45, 7) is 4.31. The molecule has 0 saturated carbocycles. The minimum atomic E-state index is -0.0597. The van der Waals surface area contributed by atoms with Crippen LogP contribution < -0.4 is 5.73 Å². The van der Waals surface area contributed by atoms with Crippen LogP contribution in [0.4, 0.5) is 0 Å². The van der Waals surface area contributed by atoms with E-state index in [1.807, 2.05) is 0 Å². The zero-order valence-corrected chi connectivity index (χ0v) is 7.16. The summed E-state index contributed by atoms with van der Waals surface area (Å²) in [5.74, 6) is 0. The standard InChI is InChI=1S/C8H18N2O/c1-7-3-2-4-10(7)5-8(9)6-11/h7-8,11H,2-6,9H2,1H3. The quantitative estimate of drug-likeness (QED) is 0.597. The molecule has 0 bridgehead atoms. The van der Waals surface area contributed by atoms with Gasteiger partial charge >= 0.3 is 0 Å². The highest BCUT2D eigenvalue weighted by molar-refractivity contribution is 4.78. The Morgan fingerprint density at radius 3 is 2.91 bits per heavy atom. The average Bonchev–Trinajstić information content (AvgIpc) is 2.37. The van der Waals surface area contributed by atoms with Crippen LogP contribution in [0.2, 0.25) is 0 Å². The van der Waals surface area contributed by atoms with Crippen LogP contribution in [0.1, 0.15) is 19.8 Å². The lowest BCUT2D eigenvalue weighted by Crippen LogP contribution is -2.41. The third kappa shape index (κ3) is 2.43. The number of nitrogens with zero attached hydrogens (tertiary/aromatic N) is 1. The van der Waals surface area contributed by atoms with Gasteiger partial charge in [0.15, 0.2) is 0 Å². The second kappa shape index (κ2) is 4.04. The molecule has 1 aliphatic rings. The van der Waals surface area contributed by atoms with E-state index in [-0.39, 0.29) is 12.6 Å². The molecule has 1 fully saturated rings. The summed E-state index contributed by atoms with van der Waals surface area (Å²) in [5.41, 5.74) is 5.62. The first-order valence-corrected chi connectivity index (χ1v) is 4.34. The van der Waals surface area contributed by atoms with Gasteiger partial charge in [0, 0.05) is 18.6 Å². The molecule has 0 aliphatic carbocycles. The van der Waals surface area contributed by atoms with Crippen molar-refractivity contribution in [2.45, 2.75) is 31.8 Å². The molecule has 1 saturated heterocycles. The van der Waals surface area contributed by atoms with Crippen molar-refractivity contribution in [1.29, 1.82) is 0 Å². The molecule has 1 heterocycles. The van der Waals surface area contributed by atoms with Gasteiger partial charge in [0.05, 0.1) is 6.61 Å². The second-order valence-electron chi connectivity index (χ2n) is 3.43. The molecular formula is C8H18N2O. The van der Waals surface area contributed by atoms with Crippen molar-refractivity contribution < 1.29 is 5.11 Å². The van der Waals surface area contributed by atoms with Crippen LogP contribution in [0.25, 0.3) is 0 Å². The summed E-state index contributed by atoms with van der Waals surface area (Å²) in [7, 11) is 0. The van der Waals surface area contributed by atoms with E-state index in [0.29, 0.717) is 6.04 Å². The molecule has 11 heavy (non-hydrogen) atoms. The van der Waals surface area contributed by atoms with Gasteiger partial charge in [0.25, 0.3) is 0 Å². The van der Waals surface area contributed by atoms with Crippen LogP contribution in [0, 0.1) is 0 Å². The number of rotatable bonds is 3. The average molecular weight is 158 g/mol. The Morgan fingerprint density at radius 1 is 1.73 bits per heavy atom. The minimum Gasteiger partial charge on any atom is -0.395 e. The summed E-state index contributed by atoms with van der Waals surface area (Å²) >= 11 is 0. The maximum absolute atomic E-state index is 8.73. The van der Waals surface area contributed by atoms with Crippen molar-refractivity contribution in [2.24, 2.45) is 5.73 Å². The maximum Gasteiger partial charge on any atom is 0.0595 e. The molecule has 2 atom stereocenters. The predicted molar refractivity (Wildman–Crippen MR) is 45.3 cm³/mol. The second-order valence-corrected chi connectivity index (χ2v) is 3.43. The molecule has 0 spiro atoms. The van der Waals surface area contributed by atoms with E-state index in [0.717, 1.165) is 13.1 Å². The van der Waals surface area contributed by atoms with Crippen molar-refractivity contribution in [3.63, 3.8) is 0 Å². The SMILES string of the molecule is CC1CCCN1CC(N)CO. The highest BCUT2D eigenvalue weighted by atomic mass is 16.3. The fourth-order valence-corrected chi connectivity index (χ4v) is 1.62. The van der Waals surface area contributed by atoms with Crippen molar-refractivity contribution in [1.82, 2.24) is 4.90 Å². The van der Waals surface area contributed by atoms with Crippen LogP contribution in [0.5, 0.6) is 0 Å². The lowest BCUT2D eigenvalue weighted by atomic mass is 10.2. The Hall–Kier alpha value is -0.120. The Labute approximate surface area is 68.2 Å². The van der Waals surface area contributed by atoms with Gasteiger partial charge in [-0.25, -0.2) is 0 Å². The zero-order chi connectivity index (χ0) is 8.27. The summed E-state index contributed by atoms with van der Waals surface area (Å²) in [4.78, 5) is 2.35. The van der Waals surface area contributed by atoms with Crippen molar-refractivity contribution in [2.75, 3.05) is 19.7 Å². The van der Waals surface area contributed by atoms with E-state index in [1.165, 1.54) is 12.8 Å². The minimum absolute atomic E-state index is 0.0597. The number of hydrogen-bond acceptors (Lipinski definition) is 3. The van der Waals surface area contributed by atoms with Crippen molar-refractivity contribution in [3.8, 4) is 0 Å². The normalized spacial score (nSPS) is 29.2. The smallest absolute Gasteiger partial charge is 0.0595 e. The number of aliphatic hydroxyl groups excluding tert-OH is 1. The predicted octanol–water partition coefficient (Wildman–Crippen LogP) is -0.210. The first-order chi connectivity index (χ1) is 5.24. The van der Waals surface area contributed by atoms with Gasteiger partial charge in [0.2, 0.25) is 0 Å². The molecule has 3 nitrogen and oxygen atoms in total. The Kier molecular flexibility index (Phi) is 3.30. The Morgan fingerprint density at radius 2 is 2.45 bits per heavy atom. The Bertz CT molecular complexity index is 119. The van der Waals surface area contributed by atoms with E-state index in [1.54, 1.807) is 0 Å². The number of hydrogen-bond donors (Lipinski definition) is 2.